The number of rotatable bonds is 1. The fourth-order valence-corrected chi connectivity index (χ4v) is 3.94. The molecule has 3 aromatic rings. The zero-order valence-corrected chi connectivity index (χ0v) is 13.2. The van der Waals surface area contributed by atoms with E-state index in [2.05, 4.69) is 82.7 Å². The van der Waals surface area contributed by atoms with E-state index in [1.807, 2.05) is 0 Å². The van der Waals surface area contributed by atoms with Crippen LogP contribution in [0.1, 0.15) is 12.8 Å². The van der Waals surface area contributed by atoms with Gasteiger partial charge < -0.3 is 0 Å². The van der Waals surface area contributed by atoms with Crippen LogP contribution in [0.4, 0.5) is 0 Å². The largest absolute Gasteiger partial charge is 0.0757 e. The summed E-state index contributed by atoms with van der Waals surface area (Å²) >= 11 is 3.82. The molecular weight excluding hydrogens is 320 g/mol. The van der Waals surface area contributed by atoms with Gasteiger partial charge in [-0.1, -0.05) is 66.7 Å². The zero-order valence-electron chi connectivity index (χ0n) is 11.6. The Morgan fingerprint density at radius 3 is 2.05 bits per heavy atom. The van der Waals surface area contributed by atoms with Gasteiger partial charge in [0.05, 0.1) is 0 Å². The molecule has 0 N–H and O–H groups in total. The summed E-state index contributed by atoms with van der Waals surface area (Å²) in [5.74, 6) is 0. The van der Waals surface area contributed by atoms with Crippen LogP contribution in [0, 0.1) is 0 Å². The normalized spacial score (nSPS) is 13.4. The first-order valence-corrected chi connectivity index (χ1v) is 8.11. The molecule has 1 aliphatic carbocycles. The summed E-state index contributed by atoms with van der Waals surface area (Å²) in [5.41, 5.74) is 2.66. The van der Waals surface area contributed by atoms with Crippen LogP contribution in [0.25, 0.3) is 34.1 Å². The maximum absolute atomic E-state index is 3.82. The highest BCUT2D eigenvalue weighted by Gasteiger charge is 2.12. The van der Waals surface area contributed by atoms with Crippen molar-refractivity contribution in [1.29, 1.82) is 0 Å². The highest BCUT2D eigenvalue weighted by molar-refractivity contribution is 9.10. The lowest BCUT2D eigenvalue weighted by atomic mass is 9.92. The van der Waals surface area contributed by atoms with E-state index in [0.29, 0.717) is 0 Å². The number of hydrogen-bond acceptors (Lipinski definition) is 0. The highest BCUT2D eigenvalue weighted by Crippen LogP contribution is 2.29. The number of benzene rings is 3. The molecule has 0 spiro atoms. The lowest BCUT2D eigenvalue weighted by molar-refractivity contribution is 1.12. The third-order valence-electron chi connectivity index (χ3n) is 4.15. The smallest absolute Gasteiger partial charge is 0.0329 e. The summed E-state index contributed by atoms with van der Waals surface area (Å²) in [6.07, 6.45) is 6.99. The van der Waals surface area contributed by atoms with Gasteiger partial charge in [-0.25, -0.2) is 0 Å². The van der Waals surface area contributed by atoms with E-state index in [1.165, 1.54) is 36.8 Å². The zero-order chi connectivity index (χ0) is 14.2. The highest BCUT2D eigenvalue weighted by atomic mass is 79.9. The molecule has 0 saturated heterocycles. The lowest BCUT2D eigenvalue weighted by Crippen LogP contribution is -2.30. The van der Waals surface area contributed by atoms with E-state index in [0.717, 1.165) is 12.8 Å². The standard InChI is InChI=1S/C20H15Br/c21-20-17-12-6-4-10-15(17)19(14-8-2-1-3-9-14)16-11-5-7-13-18(16)20/h1-4,6,8-13H,5,7H2. The lowest BCUT2D eigenvalue weighted by Gasteiger charge is -2.14. The van der Waals surface area contributed by atoms with Crippen LogP contribution in [-0.4, -0.2) is 0 Å². The van der Waals surface area contributed by atoms with Crippen LogP contribution >= 0.6 is 15.9 Å². The van der Waals surface area contributed by atoms with Crippen LogP contribution < -0.4 is 10.4 Å². The molecule has 0 amide bonds. The van der Waals surface area contributed by atoms with Crippen LogP contribution in [0.3, 0.4) is 0 Å². The second-order valence-corrected chi connectivity index (χ2v) is 6.21. The quantitative estimate of drug-likeness (QED) is 0.609. The maximum atomic E-state index is 3.82. The summed E-state index contributed by atoms with van der Waals surface area (Å²) < 4.78 is 1.23. The van der Waals surface area contributed by atoms with E-state index < -0.39 is 0 Å². The van der Waals surface area contributed by atoms with E-state index >= 15 is 0 Å². The first-order chi connectivity index (χ1) is 10.4. The molecule has 0 atom stereocenters. The predicted octanol–water partition coefficient (Wildman–Crippen LogP) is 4.62. The molecule has 0 radical (unpaired) electrons. The SMILES string of the molecule is Brc1c2c(c(-c3ccccc3)c3ccccc13)=CCCC=2. The summed E-state index contributed by atoms with van der Waals surface area (Å²) in [6.45, 7) is 0. The summed E-state index contributed by atoms with van der Waals surface area (Å²) in [6, 6.07) is 19.4. The van der Waals surface area contributed by atoms with E-state index in [-0.39, 0.29) is 0 Å². The van der Waals surface area contributed by atoms with Gasteiger partial charge in [0, 0.05) is 4.47 Å². The second-order valence-electron chi connectivity index (χ2n) is 5.41. The molecule has 0 nitrogen and oxygen atoms in total. The number of halogens is 1. The molecule has 0 bridgehead atoms. The van der Waals surface area contributed by atoms with Crippen molar-refractivity contribution in [3.8, 4) is 11.1 Å². The van der Waals surface area contributed by atoms with Crippen molar-refractivity contribution in [2.75, 3.05) is 0 Å². The Morgan fingerprint density at radius 1 is 0.667 bits per heavy atom. The Kier molecular flexibility index (Phi) is 3.16. The molecule has 0 aromatic heterocycles. The van der Waals surface area contributed by atoms with Crippen molar-refractivity contribution >= 4 is 38.9 Å². The Balaban J connectivity index is 2.28. The number of hydrogen-bond donors (Lipinski definition) is 0. The maximum Gasteiger partial charge on any atom is 0.0329 e. The van der Waals surface area contributed by atoms with E-state index in [9.17, 15) is 0 Å². The fraction of sp³-hybridized carbons (Fsp3) is 0.100. The van der Waals surface area contributed by atoms with Crippen molar-refractivity contribution < 1.29 is 0 Å². The molecule has 3 aromatic carbocycles. The Labute approximate surface area is 132 Å². The first kappa shape index (κ1) is 12.8. The summed E-state index contributed by atoms with van der Waals surface area (Å²) in [5, 5.41) is 5.33. The van der Waals surface area contributed by atoms with Gasteiger partial charge in [0.15, 0.2) is 0 Å². The minimum absolute atomic E-state index is 1.12. The van der Waals surface area contributed by atoms with Gasteiger partial charge in [-0.05, 0) is 61.1 Å². The average Bonchev–Trinajstić information content (AvgIpc) is 2.56. The van der Waals surface area contributed by atoms with Crippen molar-refractivity contribution in [2.24, 2.45) is 0 Å². The molecule has 4 rings (SSSR count). The van der Waals surface area contributed by atoms with Crippen molar-refractivity contribution in [1.82, 2.24) is 0 Å². The van der Waals surface area contributed by atoms with Gasteiger partial charge in [0.2, 0.25) is 0 Å². The Hall–Kier alpha value is -1.86. The number of fused-ring (bicyclic) bond motifs is 2. The molecule has 21 heavy (non-hydrogen) atoms. The molecule has 0 saturated carbocycles. The van der Waals surface area contributed by atoms with Crippen LogP contribution in [0.5, 0.6) is 0 Å². The van der Waals surface area contributed by atoms with Gasteiger partial charge in [0.1, 0.15) is 0 Å². The van der Waals surface area contributed by atoms with Crippen LogP contribution in [0.2, 0.25) is 0 Å². The molecule has 0 aliphatic heterocycles. The second kappa shape index (κ2) is 5.16. The van der Waals surface area contributed by atoms with Crippen molar-refractivity contribution in [3.05, 3.63) is 69.5 Å². The summed E-state index contributed by atoms with van der Waals surface area (Å²) in [4.78, 5) is 0. The molecule has 0 fully saturated rings. The fourth-order valence-electron chi connectivity index (χ4n) is 3.22. The van der Waals surface area contributed by atoms with E-state index in [4.69, 9.17) is 0 Å². The molecule has 1 aliphatic rings. The minimum atomic E-state index is 1.12. The molecule has 1 heteroatoms. The predicted molar refractivity (Wildman–Crippen MR) is 94.5 cm³/mol. The van der Waals surface area contributed by atoms with Crippen molar-refractivity contribution in [2.45, 2.75) is 12.8 Å². The van der Waals surface area contributed by atoms with Gasteiger partial charge in [-0.15, -0.1) is 0 Å². The molecule has 0 heterocycles. The molecule has 0 unspecified atom stereocenters. The molecular formula is C20H15Br. The monoisotopic (exact) mass is 334 g/mol. The van der Waals surface area contributed by atoms with Gasteiger partial charge in [-0.2, -0.15) is 0 Å². The van der Waals surface area contributed by atoms with Gasteiger partial charge in [0.25, 0.3) is 0 Å². The van der Waals surface area contributed by atoms with Crippen LogP contribution in [0.15, 0.2) is 59.1 Å². The topological polar surface area (TPSA) is 0 Å². The third-order valence-corrected chi connectivity index (χ3v) is 5.01. The van der Waals surface area contributed by atoms with Crippen molar-refractivity contribution in [3.63, 3.8) is 0 Å². The molecule has 102 valence electrons. The Bertz CT molecular complexity index is 937. The van der Waals surface area contributed by atoms with Gasteiger partial charge in [-0.3, -0.25) is 0 Å². The van der Waals surface area contributed by atoms with Gasteiger partial charge >= 0.3 is 0 Å². The summed E-state index contributed by atoms with van der Waals surface area (Å²) in [7, 11) is 0. The van der Waals surface area contributed by atoms with Crippen LogP contribution in [-0.2, 0) is 0 Å². The Morgan fingerprint density at radius 2 is 1.29 bits per heavy atom. The van der Waals surface area contributed by atoms with E-state index in [1.54, 1.807) is 0 Å². The third kappa shape index (κ3) is 2.04. The first-order valence-electron chi connectivity index (χ1n) is 7.32. The average molecular weight is 335 g/mol. The minimum Gasteiger partial charge on any atom is -0.0757 e.